The number of likely N-dealkylation sites (tertiary alicyclic amines) is 1. The van der Waals surface area contributed by atoms with E-state index in [1.807, 2.05) is 19.1 Å². The third-order valence-corrected chi connectivity index (χ3v) is 3.05. The van der Waals surface area contributed by atoms with Gasteiger partial charge in [0.15, 0.2) is 0 Å². The molecule has 2 N–H and O–H groups in total. The molecular formula is C12H16N2O3. The van der Waals surface area contributed by atoms with E-state index in [1.54, 1.807) is 6.20 Å². The van der Waals surface area contributed by atoms with Crippen molar-refractivity contribution in [3.05, 3.63) is 29.6 Å². The summed E-state index contributed by atoms with van der Waals surface area (Å²) in [5.74, 6) is -0.109. The van der Waals surface area contributed by atoms with Gasteiger partial charge in [-0.25, -0.2) is 0 Å². The summed E-state index contributed by atoms with van der Waals surface area (Å²) in [5, 5.41) is 18.8. The van der Waals surface area contributed by atoms with Gasteiger partial charge in [0.1, 0.15) is 0 Å². The Labute approximate surface area is 99.7 Å². The van der Waals surface area contributed by atoms with E-state index < -0.39 is 12.2 Å². The van der Waals surface area contributed by atoms with Gasteiger partial charge in [-0.1, -0.05) is 6.07 Å². The zero-order chi connectivity index (χ0) is 12.4. The molecule has 0 aliphatic carbocycles. The van der Waals surface area contributed by atoms with Crippen molar-refractivity contribution in [3.63, 3.8) is 0 Å². The molecule has 1 aromatic rings. The molecule has 1 aromatic heterocycles. The Kier molecular flexibility index (Phi) is 3.40. The molecule has 0 spiro atoms. The van der Waals surface area contributed by atoms with E-state index in [0.29, 0.717) is 0 Å². The second kappa shape index (κ2) is 4.81. The minimum atomic E-state index is -0.830. The van der Waals surface area contributed by atoms with Crippen molar-refractivity contribution in [2.45, 2.75) is 25.6 Å². The molecule has 5 heteroatoms. The Hall–Kier alpha value is -1.46. The number of amides is 1. The molecule has 1 aliphatic heterocycles. The average molecular weight is 236 g/mol. The number of carbonyl (C=O) groups is 1. The van der Waals surface area contributed by atoms with Crippen LogP contribution in [-0.4, -0.2) is 51.3 Å². The van der Waals surface area contributed by atoms with Crippen LogP contribution in [0.15, 0.2) is 18.3 Å². The van der Waals surface area contributed by atoms with Crippen molar-refractivity contribution < 1.29 is 15.0 Å². The number of pyridine rings is 1. The van der Waals surface area contributed by atoms with E-state index >= 15 is 0 Å². The van der Waals surface area contributed by atoms with Crippen molar-refractivity contribution in [1.82, 2.24) is 9.88 Å². The highest BCUT2D eigenvalue weighted by atomic mass is 16.3. The normalized spacial score (nSPS) is 24.1. The van der Waals surface area contributed by atoms with Crippen LogP contribution in [0.1, 0.15) is 11.3 Å². The van der Waals surface area contributed by atoms with Crippen molar-refractivity contribution in [1.29, 1.82) is 0 Å². The summed E-state index contributed by atoms with van der Waals surface area (Å²) in [4.78, 5) is 17.6. The summed E-state index contributed by atoms with van der Waals surface area (Å²) in [6, 6.07) is 3.73. The summed E-state index contributed by atoms with van der Waals surface area (Å²) in [6.45, 7) is 2.31. The molecule has 1 fully saturated rings. The predicted molar refractivity (Wildman–Crippen MR) is 61.3 cm³/mol. The summed E-state index contributed by atoms with van der Waals surface area (Å²) in [6.07, 6.45) is 0.211. The predicted octanol–water partition coefficient (Wildman–Crippen LogP) is -0.503. The molecule has 0 bridgehead atoms. The highest BCUT2D eigenvalue weighted by molar-refractivity contribution is 5.79. The lowest BCUT2D eigenvalue weighted by Gasteiger charge is -2.15. The van der Waals surface area contributed by atoms with Crippen LogP contribution >= 0.6 is 0 Å². The molecule has 1 aliphatic rings. The molecule has 5 nitrogen and oxygen atoms in total. The van der Waals surface area contributed by atoms with Gasteiger partial charge in [-0.2, -0.15) is 0 Å². The SMILES string of the molecule is Cc1cccnc1CC(=O)N1C[C@@H](O)[C@@H](O)C1. The molecule has 2 atom stereocenters. The zero-order valence-electron chi connectivity index (χ0n) is 9.71. The number of hydrogen-bond donors (Lipinski definition) is 2. The molecule has 1 saturated heterocycles. The molecule has 1 amide bonds. The first-order valence-corrected chi connectivity index (χ1v) is 5.62. The van der Waals surface area contributed by atoms with E-state index in [0.717, 1.165) is 11.3 Å². The third kappa shape index (κ3) is 2.62. The molecule has 92 valence electrons. The van der Waals surface area contributed by atoms with Gasteiger partial charge in [0.05, 0.1) is 24.3 Å². The van der Waals surface area contributed by atoms with Crippen LogP contribution in [0.4, 0.5) is 0 Å². The summed E-state index contributed by atoms with van der Waals surface area (Å²) in [5.41, 5.74) is 1.72. The van der Waals surface area contributed by atoms with Gasteiger partial charge >= 0.3 is 0 Å². The van der Waals surface area contributed by atoms with Crippen molar-refractivity contribution in [3.8, 4) is 0 Å². The number of carbonyl (C=O) groups excluding carboxylic acids is 1. The van der Waals surface area contributed by atoms with E-state index in [4.69, 9.17) is 0 Å². The maximum atomic E-state index is 11.9. The fraction of sp³-hybridized carbons (Fsp3) is 0.500. The van der Waals surface area contributed by atoms with Gasteiger partial charge in [-0.15, -0.1) is 0 Å². The van der Waals surface area contributed by atoms with E-state index in [1.165, 1.54) is 4.90 Å². The van der Waals surface area contributed by atoms with Gasteiger partial charge in [0.2, 0.25) is 5.91 Å². The minimum absolute atomic E-state index is 0.109. The lowest BCUT2D eigenvalue weighted by atomic mass is 10.1. The van der Waals surface area contributed by atoms with Gasteiger partial charge < -0.3 is 15.1 Å². The quantitative estimate of drug-likeness (QED) is 0.726. The lowest BCUT2D eigenvalue weighted by Crippen LogP contribution is -2.31. The van der Waals surface area contributed by atoms with Crippen LogP contribution in [0.25, 0.3) is 0 Å². The van der Waals surface area contributed by atoms with Crippen LogP contribution < -0.4 is 0 Å². The number of aliphatic hydroxyl groups excluding tert-OH is 2. The highest BCUT2D eigenvalue weighted by Crippen LogP contribution is 2.13. The zero-order valence-corrected chi connectivity index (χ0v) is 9.71. The van der Waals surface area contributed by atoms with Crippen LogP contribution in [0.2, 0.25) is 0 Å². The molecule has 0 radical (unpaired) electrons. The maximum Gasteiger partial charge on any atom is 0.228 e. The first kappa shape index (κ1) is 12.0. The summed E-state index contributed by atoms with van der Waals surface area (Å²) in [7, 11) is 0. The smallest absolute Gasteiger partial charge is 0.228 e. The topological polar surface area (TPSA) is 73.7 Å². The van der Waals surface area contributed by atoms with Gasteiger partial charge in [0, 0.05) is 19.3 Å². The Bertz CT molecular complexity index is 412. The minimum Gasteiger partial charge on any atom is -0.388 e. The summed E-state index contributed by atoms with van der Waals surface area (Å²) < 4.78 is 0. The van der Waals surface area contributed by atoms with Crippen LogP contribution in [0.5, 0.6) is 0 Å². The van der Waals surface area contributed by atoms with Crippen molar-refractivity contribution in [2.75, 3.05) is 13.1 Å². The number of rotatable bonds is 2. The first-order chi connectivity index (χ1) is 8.08. The van der Waals surface area contributed by atoms with Crippen LogP contribution in [0.3, 0.4) is 0 Å². The Balaban J connectivity index is 2.01. The Morgan fingerprint density at radius 2 is 2.12 bits per heavy atom. The van der Waals surface area contributed by atoms with E-state index in [2.05, 4.69) is 4.98 Å². The fourth-order valence-electron chi connectivity index (χ4n) is 1.93. The highest BCUT2D eigenvalue weighted by Gasteiger charge is 2.32. The van der Waals surface area contributed by atoms with Crippen LogP contribution in [0, 0.1) is 6.92 Å². The monoisotopic (exact) mass is 236 g/mol. The Morgan fingerprint density at radius 3 is 2.71 bits per heavy atom. The standard InChI is InChI=1S/C12H16N2O3/c1-8-3-2-4-13-9(8)5-12(17)14-6-10(15)11(16)7-14/h2-4,10-11,15-16H,5-7H2,1H3/t10-,11+. The molecule has 0 saturated carbocycles. The molecule has 17 heavy (non-hydrogen) atoms. The third-order valence-electron chi connectivity index (χ3n) is 3.05. The van der Waals surface area contributed by atoms with Crippen molar-refractivity contribution in [2.24, 2.45) is 0 Å². The van der Waals surface area contributed by atoms with Crippen LogP contribution in [-0.2, 0) is 11.2 Å². The molecule has 0 unspecified atom stereocenters. The second-order valence-corrected chi connectivity index (χ2v) is 4.38. The van der Waals surface area contributed by atoms with E-state index in [-0.39, 0.29) is 25.4 Å². The molecule has 0 aromatic carbocycles. The Morgan fingerprint density at radius 1 is 1.47 bits per heavy atom. The maximum absolute atomic E-state index is 11.9. The molecule has 2 heterocycles. The number of nitrogens with zero attached hydrogens (tertiary/aromatic N) is 2. The molecular weight excluding hydrogens is 220 g/mol. The number of hydrogen-bond acceptors (Lipinski definition) is 4. The van der Waals surface area contributed by atoms with Gasteiger partial charge in [0.25, 0.3) is 0 Å². The molecule has 2 rings (SSSR count). The first-order valence-electron chi connectivity index (χ1n) is 5.62. The number of aryl methyl sites for hydroxylation is 1. The lowest BCUT2D eigenvalue weighted by molar-refractivity contribution is -0.130. The largest absolute Gasteiger partial charge is 0.388 e. The fourth-order valence-corrected chi connectivity index (χ4v) is 1.93. The summed E-state index contributed by atoms with van der Waals surface area (Å²) >= 11 is 0. The second-order valence-electron chi connectivity index (χ2n) is 4.38. The number of β-amino-alcohol motifs (C(OH)–C–C–N with tert-alkyl or cyclic N) is 2. The van der Waals surface area contributed by atoms with Crippen molar-refractivity contribution >= 4 is 5.91 Å². The average Bonchev–Trinajstić information content (AvgIpc) is 2.63. The van der Waals surface area contributed by atoms with Gasteiger partial charge in [-0.05, 0) is 18.6 Å². The number of aliphatic hydroxyl groups is 2. The van der Waals surface area contributed by atoms with E-state index in [9.17, 15) is 15.0 Å². The van der Waals surface area contributed by atoms with Gasteiger partial charge in [-0.3, -0.25) is 9.78 Å². The number of aromatic nitrogens is 1.